The zero-order valence-corrected chi connectivity index (χ0v) is 15.3. The molecule has 0 atom stereocenters. The maximum absolute atomic E-state index is 12.2. The molecule has 0 spiro atoms. The van der Waals surface area contributed by atoms with Crippen LogP contribution in [0.4, 0.5) is 0 Å². The van der Waals surface area contributed by atoms with Crippen molar-refractivity contribution >= 4 is 27.5 Å². The number of hydrogen-bond acceptors (Lipinski definition) is 5. The Morgan fingerprint density at radius 3 is 2.58 bits per heavy atom. The summed E-state index contributed by atoms with van der Waals surface area (Å²) in [6.07, 6.45) is 0.581. The number of amides is 1. The van der Waals surface area contributed by atoms with Crippen molar-refractivity contribution in [2.24, 2.45) is 5.14 Å². The molecule has 0 bridgehead atoms. The minimum absolute atomic E-state index is 0.0275. The second kappa shape index (κ2) is 7.53. The van der Waals surface area contributed by atoms with Gasteiger partial charge in [-0.15, -0.1) is 0 Å². The number of nitrogens with one attached hydrogen (secondary N) is 1. The van der Waals surface area contributed by atoms with E-state index >= 15 is 0 Å². The van der Waals surface area contributed by atoms with Crippen LogP contribution in [0.5, 0.6) is 11.5 Å². The van der Waals surface area contributed by atoms with Crippen LogP contribution in [0, 0.1) is 0 Å². The monoisotopic (exact) mass is 396 g/mol. The third kappa shape index (κ3) is 4.27. The number of primary sulfonamides is 1. The van der Waals surface area contributed by atoms with Crippen LogP contribution in [0.15, 0.2) is 41.3 Å². The van der Waals surface area contributed by atoms with Gasteiger partial charge in [0.1, 0.15) is 18.1 Å². The van der Waals surface area contributed by atoms with E-state index in [9.17, 15) is 13.2 Å². The number of sulfonamides is 1. The number of halogens is 1. The van der Waals surface area contributed by atoms with E-state index in [2.05, 4.69) is 5.32 Å². The lowest BCUT2D eigenvalue weighted by Crippen LogP contribution is -2.26. The lowest BCUT2D eigenvalue weighted by molar-refractivity contribution is 0.0954. The Morgan fingerprint density at radius 2 is 1.85 bits per heavy atom. The zero-order valence-electron chi connectivity index (χ0n) is 13.7. The summed E-state index contributed by atoms with van der Waals surface area (Å²) in [5, 5.41) is 7.80. The third-order valence-electron chi connectivity index (χ3n) is 3.81. The molecule has 0 saturated carbocycles. The normalized spacial score (nSPS) is 13.3. The average molecular weight is 397 g/mol. The fourth-order valence-electron chi connectivity index (χ4n) is 2.53. The number of nitrogens with two attached hydrogens (primary N) is 1. The molecule has 7 nitrogen and oxygen atoms in total. The van der Waals surface area contributed by atoms with Crippen LogP contribution in [0.3, 0.4) is 0 Å². The molecule has 1 amide bonds. The van der Waals surface area contributed by atoms with Gasteiger partial charge in [-0.05, 0) is 42.3 Å². The van der Waals surface area contributed by atoms with Crippen LogP contribution in [0.25, 0.3) is 0 Å². The van der Waals surface area contributed by atoms with Gasteiger partial charge in [-0.1, -0.05) is 17.7 Å². The molecule has 2 aromatic rings. The van der Waals surface area contributed by atoms with E-state index in [0.29, 0.717) is 37.7 Å². The Bertz CT molecular complexity index is 946. The molecular weight excluding hydrogens is 380 g/mol. The van der Waals surface area contributed by atoms with E-state index in [1.165, 1.54) is 12.1 Å². The highest BCUT2D eigenvalue weighted by molar-refractivity contribution is 7.89. The van der Waals surface area contributed by atoms with Crippen molar-refractivity contribution in [3.05, 3.63) is 52.5 Å². The van der Waals surface area contributed by atoms with Crippen molar-refractivity contribution in [3.63, 3.8) is 0 Å². The first kappa shape index (κ1) is 18.5. The van der Waals surface area contributed by atoms with Crippen molar-refractivity contribution in [3.8, 4) is 11.5 Å². The van der Waals surface area contributed by atoms with Gasteiger partial charge >= 0.3 is 0 Å². The summed E-state index contributed by atoms with van der Waals surface area (Å²) in [6, 6.07) is 9.55. The van der Waals surface area contributed by atoms with Gasteiger partial charge in [0, 0.05) is 12.1 Å². The predicted octanol–water partition coefficient (Wildman–Crippen LogP) is 1.73. The van der Waals surface area contributed by atoms with Gasteiger partial charge in [0.25, 0.3) is 5.91 Å². The lowest BCUT2D eigenvalue weighted by Gasteiger charge is -2.18. The Morgan fingerprint density at radius 1 is 1.12 bits per heavy atom. The van der Waals surface area contributed by atoms with E-state index < -0.39 is 15.9 Å². The van der Waals surface area contributed by atoms with Crippen LogP contribution in [0.1, 0.15) is 15.9 Å². The molecule has 3 rings (SSSR count). The van der Waals surface area contributed by atoms with Gasteiger partial charge in [0.15, 0.2) is 11.5 Å². The summed E-state index contributed by atoms with van der Waals surface area (Å²) in [6.45, 7) is 1.41. The fraction of sp³-hybridized carbons (Fsp3) is 0.235. The molecule has 9 heteroatoms. The summed E-state index contributed by atoms with van der Waals surface area (Å²) in [5.74, 6) is 0.986. The quantitative estimate of drug-likeness (QED) is 0.800. The number of carbonyl (C=O) groups excluding carboxylic acids is 1. The van der Waals surface area contributed by atoms with E-state index in [-0.39, 0.29) is 15.5 Å². The number of rotatable bonds is 5. The van der Waals surface area contributed by atoms with Crippen molar-refractivity contribution in [2.75, 3.05) is 19.8 Å². The molecule has 1 aliphatic heterocycles. The number of carbonyl (C=O) groups is 1. The van der Waals surface area contributed by atoms with Gasteiger partial charge in [-0.3, -0.25) is 4.79 Å². The minimum Gasteiger partial charge on any atom is -0.486 e. The Hall–Kier alpha value is -2.29. The number of ether oxygens (including phenoxy) is 2. The molecule has 2 aromatic carbocycles. The molecule has 1 aliphatic rings. The van der Waals surface area contributed by atoms with Crippen LogP contribution < -0.4 is 19.9 Å². The first-order chi connectivity index (χ1) is 12.3. The minimum atomic E-state index is -4.00. The van der Waals surface area contributed by atoms with E-state index in [1.54, 1.807) is 0 Å². The highest BCUT2D eigenvalue weighted by Crippen LogP contribution is 2.30. The van der Waals surface area contributed by atoms with E-state index in [1.807, 2.05) is 18.2 Å². The van der Waals surface area contributed by atoms with Crippen molar-refractivity contribution in [2.45, 2.75) is 11.3 Å². The molecule has 0 aromatic heterocycles. The van der Waals surface area contributed by atoms with Gasteiger partial charge in [0.05, 0.1) is 5.02 Å². The van der Waals surface area contributed by atoms with Gasteiger partial charge in [-0.2, -0.15) is 0 Å². The maximum Gasteiger partial charge on any atom is 0.251 e. The molecule has 0 saturated heterocycles. The highest BCUT2D eigenvalue weighted by Gasteiger charge is 2.16. The first-order valence-electron chi connectivity index (χ1n) is 7.84. The highest BCUT2D eigenvalue weighted by atomic mass is 35.5. The second-order valence-corrected chi connectivity index (χ2v) is 7.61. The summed E-state index contributed by atoms with van der Waals surface area (Å²) >= 11 is 5.82. The van der Waals surface area contributed by atoms with Crippen molar-refractivity contribution in [1.29, 1.82) is 0 Å². The number of hydrogen-bond donors (Lipinski definition) is 2. The Balaban J connectivity index is 1.63. The summed E-state index contributed by atoms with van der Waals surface area (Å²) in [7, 11) is -4.00. The number of fused-ring (bicyclic) bond motifs is 1. The summed E-state index contributed by atoms with van der Waals surface area (Å²) < 4.78 is 34.0. The smallest absolute Gasteiger partial charge is 0.251 e. The molecule has 3 N–H and O–H groups in total. The van der Waals surface area contributed by atoms with Gasteiger partial charge in [-0.25, -0.2) is 13.6 Å². The van der Waals surface area contributed by atoms with Gasteiger partial charge < -0.3 is 14.8 Å². The standard InChI is InChI=1S/C17H17ClN2O5S/c18-13-3-2-12(10-16(13)26(19,22)23)17(21)20-6-5-11-1-4-14-15(9-11)25-8-7-24-14/h1-4,9-10H,5-8H2,(H,20,21)(H2,19,22,23). The van der Waals surface area contributed by atoms with Crippen molar-refractivity contribution in [1.82, 2.24) is 5.32 Å². The largest absolute Gasteiger partial charge is 0.486 e. The molecule has 0 fully saturated rings. The molecule has 0 unspecified atom stereocenters. The molecular formula is C17H17ClN2O5S. The third-order valence-corrected chi connectivity index (χ3v) is 5.20. The molecule has 0 aliphatic carbocycles. The maximum atomic E-state index is 12.2. The summed E-state index contributed by atoms with van der Waals surface area (Å²) in [5.41, 5.74) is 1.15. The first-order valence-corrected chi connectivity index (χ1v) is 9.76. The number of benzene rings is 2. The predicted molar refractivity (Wildman–Crippen MR) is 96.3 cm³/mol. The Labute approximate surface area is 156 Å². The average Bonchev–Trinajstić information content (AvgIpc) is 2.61. The van der Waals surface area contributed by atoms with Crippen LogP contribution >= 0.6 is 11.6 Å². The van der Waals surface area contributed by atoms with Crippen LogP contribution in [-0.4, -0.2) is 34.1 Å². The zero-order chi connectivity index (χ0) is 18.7. The SMILES string of the molecule is NS(=O)(=O)c1cc(C(=O)NCCc2ccc3c(c2)OCCO3)ccc1Cl. The molecule has 0 radical (unpaired) electrons. The van der Waals surface area contributed by atoms with Crippen LogP contribution in [-0.2, 0) is 16.4 Å². The summed E-state index contributed by atoms with van der Waals surface area (Å²) in [4.78, 5) is 11.9. The fourth-order valence-corrected chi connectivity index (χ4v) is 3.60. The van der Waals surface area contributed by atoms with E-state index in [4.69, 9.17) is 26.2 Å². The van der Waals surface area contributed by atoms with Crippen LogP contribution in [0.2, 0.25) is 5.02 Å². The van der Waals surface area contributed by atoms with Gasteiger partial charge in [0.2, 0.25) is 10.0 Å². The van der Waals surface area contributed by atoms with Crippen molar-refractivity contribution < 1.29 is 22.7 Å². The topological polar surface area (TPSA) is 108 Å². The second-order valence-electron chi connectivity index (χ2n) is 5.67. The van der Waals surface area contributed by atoms with E-state index in [0.717, 1.165) is 11.6 Å². The lowest BCUT2D eigenvalue weighted by atomic mass is 10.1. The Kier molecular flexibility index (Phi) is 5.36. The molecule has 1 heterocycles. The molecule has 26 heavy (non-hydrogen) atoms. The molecule has 138 valence electrons.